The fraction of sp³-hybridized carbons (Fsp3) is 0.105. The number of aliphatic hydroxyl groups excluding tert-OH is 1. The Kier molecular flexibility index (Phi) is 5.53. The van der Waals surface area contributed by atoms with Gasteiger partial charge in [-0.05, 0) is 34.9 Å². The molecule has 122 valence electrons. The lowest BCUT2D eigenvalue weighted by Gasteiger charge is -2.14. The normalized spacial score (nSPS) is 10.8. The highest BCUT2D eigenvalue weighted by Gasteiger charge is 2.14. The first kappa shape index (κ1) is 17.0. The first-order valence-corrected chi connectivity index (χ1v) is 8.73. The average molecular weight is 357 g/mol. The zero-order valence-electron chi connectivity index (χ0n) is 12.9. The van der Waals surface area contributed by atoms with Gasteiger partial charge in [0.15, 0.2) is 0 Å². The number of aliphatic hydroxyl groups is 1. The van der Waals surface area contributed by atoms with Crippen molar-refractivity contribution in [2.45, 2.75) is 23.1 Å². The minimum atomic E-state index is -0.0617. The molecule has 3 aromatic rings. The lowest BCUT2D eigenvalue weighted by Crippen LogP contribution is -2.00. The van der Waals surface area contributed by atoms with Gasteiger partial charge in [-0.1, -0.05) is 59.8 Å². The standard InChI is InChI=1S/C19H17ClN2OS/c20-17-10-15(13-5-2-1-3-6-13)9-16(11-21)18(17)24-19-14(12-23)7-4-8-22-19/h1-10,23H,11-12,21H2. The van der Waals surface area contributed by atoms with Crippen LogP contribution in [0.1, 0.15) is 11.1 Å². The van der Waals surface area contributed by atoms with E-state index < -0.39 is 0 Å². The molecule has 0 atom stereocenters. The van der Waals surface area contributed by atoms with Crippen LogP contribution in [0.2, 0.25) is 5.02 Å². The van der Waals surface area contributed by atoms with Crippen molar-refractivity contribution < 1.29 is 5.11 Å². The average Bonchev–Trinajstić information content (AvgIpc) is 2.64. The SMILES string of the molecule is NCc1cc(-c2ccccc2)cc(Cl)c1Sc1ncccc1CO. The molecule has 5 heteroatoms. The maximum atomic E-state index is 9.47. The monoisotopic (exact) mass is 356 g/mol. The smallest absolute Gasteiger partial charge is 0.106 e. The van der Waals surface area contributed by atoms with Crippen LogP contribution in [0.5, 0.6) is 0 Å². The molecular weight excluding hydrogens is 340 g/mol. The van der Waals surface area contributed by atoms with Crippen LogP contribution in [0.25, 0.3) is 11.1 Å². The summed E-state index contributed by atoms with van der Waals surface area (Å²) < 4.78 is 0. The van der Waals surface area contributed by atoms with Gasteiger partial charge in [-0.25, -0.2) is 4.98 Å². The lowest BCUT2D eigenvalue weighted by atomic mass is 10.0. The molecule has 1 aromatic heterocycles. The molecule has 0 spiro atoms. The Morgan fingerprint density at radius 3 is 2.50 bits per heavy atom. The van der Waals surface area contributed by atoms with E-state index in [9.17, 15) is 5.11 Å². The summed E-state index contributed by atoms with van der Waals surface area (Å²) in [6.45, 7) is 0.317. The second kappa shape index (κ2) is 7.81. The van der Waals surface area contributed by atoms with Crippen molar-refractivity contribution in [1.82, 2.24) is 4.98 Å². The summed E-state index contributed by atoms with van der Waals surface area (Å²) in [5.74, 6) is 0. The summed E-state index contributed by atoms with van der Waals surface area (Å²) in [5.41, 5.74) is 9.81. The van der Waals surface area contributed by atoms with E-state index >= 15 is 0 Å². The summed E-state index contributed by atoms with van der Waals surface area (Å²) in [6, 6.07) is 17.7. The highest BCUT2D eigenvalue weighted by Crippen LogP contribution is 2.39. The first-order valence-electron chi connectivity index (χ1n) is 7.53. The topological polar surface area (TPSA) is 59.1 Å². The van der Waals surface area contributed by atoms with Gasteiger partial charge in [0.1, 0.15) is 5.03 Å². The largest absolute Gasteiger partial charge is 0.392 e. The Morgan fingerprint density at radius 2 is 1.79 bits per heavy atom. The number of nitrogens with zero attached hydrogens (tertiary/aromatic N) is 1. The Morgan fingerprint density at radius 1 is 1.00 bits per heavy atom. The fourth-order valence-electron chi connectivity index (χ4n) is 2.45. The van der Waals surface area contributed by atoms with Crippen LogP contribution in [-0.4, -0.2) is 10.1 Å². The molecule has 3 nitrogen and oxygen atoms in total. The quantitative estimate of drug-likeness (QED) is 0.706. The molecule has 1 heterocycles. The van der Waals surface area contributed by atoms with Crippen LogP contribution in [0.15, 0.2) is 70.7 Å². The molecule has 0 saturated carbocycles. The van der Waals surface area contributed by atoms with Crippen molar-refractivity contribution in [2.75, 3.05) is 0 Å². The zero-order chi connectivity index (χ0) is 16.9. The second-order valence-electron chi connectivity index (χ2n) is 5.24. The van der Waals surface area contributed by atoms with E-state index in [0.717, 1.165) is 32.2 Å². The van der Waals surface area contributed by atoms with Gasteiger partial charge in [-0.3, -0.25) is 0 Å². The molecule has 0 amide bonds. The van der Waals surface area contributed by atoms with Gasteiger partial charge in [0, 0.05) is 23.2 Å². The van der Waals surface area contributed by atoms with E-state index in [0.29, 0.717) is 11.6 Å². The fourth-order valence-corrected chi connectivity index (χ4v) is 3.80. The van der Waals surface area contributed by atoms with Crippen molar-refractivity contribution in [2.24, 2.45) is 5.73 Å². The van der Waals surface area contributed by atoms with Gasteiger partial charge in [-0.15, -0.1) is 0 Å². The summed E-state index contributed by atoms with van der Waals surface area (Å²) in [7, 11) is 0. The van der Waals surface area contributed by atoms with E-state index in [-0.39, 0.29) is 6.61 Å². The number of aromatic nitrogens is 1. The Labute approximate surface area is 150 Å². The third-order valence-corrected chi connectivity index (χ3v) is 5.32. The Balaban J connectivity index is 2.02. The minimum absolute atomic E-state index is 0.0617. The number of nitrogens with two attached hydrogens (primary N) is 1. The maximum Gasteiger partial charge on any atom is 0.106 e. The van der Waals surface area contributed by atoms with E-state index in [1.807, 2.05) is 42.5 Å². The predicted octanol–water partition coefficient (Wildman–Crippen LogP) is 4.50. The van der Waals surface area contributed by atoms with Crippen LogP contribution in [0, 0.1) is 0 Å². The first-order chi connectivity index (χ1) is 11.7. The van der Waals surface area contributed by atoms with E-state index in [1.54, 1.807) is 12.3 Å². The van der Waals surface area contributed by atoms with Gasteiger partial charge in [-0.2, -0.15) is 0 Å². The van der Waals surface area contributed by atoms with Gasteiger partial charge in [0.25, 0.3) is 0 Å². The highest BCUT2D eigenvalue weighted by molar-refractivity contribution is 7.99. The number of hydrogen-bond acceptors (Lipinski definition) is 4. The molecule has 0 saturated heterocycles. The molecular formula is C19H17ClN2OS. The van der Waals surface area contributed by atoms with E-state index in [1.165, 1.54) is 11.8 Å². The second-order valence-corrected chi connectivity index (χ2v) is 6.65. The molecule has 0 bridgehead atoms. The van der Waals surface area contributed by atoms with Crippen LogP contribution >= 0.6 is 23.4 Å². The third kappa shape index (κ3) is 3.62. The third-order valence-electron chi connectivity index (χ3n) is 3.67. The number of rotatable bonds is 5. The minimum Gasteiger partial charge on any atom is -0.392 e. The molecule has 24 heavy (non-hydrogen) atoms. The number of pyridine rings is 1. The van der Waals surface area contributed by atoms with Crippen molar-refractivity contribution in [1.29, 1.82) is 0 Å². The number of hydrogen-bond donors (Lipinski definition) is 2. The van der Waals surface area contributed by atoms with Crippen molar-refractivity contribution in [3.63, 3.8) is 0 Å². The molecule has 0 unspecified atom stereocenters. The van der Waals surface area contributed by atoms with Crippen LogP contribution in [0.4, 0.5) is 0 Å². The van der Waals surface area contributed by atoms with Crippen LogP contribution < -0.4 is 5.73 Å². The zero-order valence-corrected chi connectivity index (χ0v) is 14.5. The Hall–Kier alpha value is -1.85. The van der Waals surface area contributed by atoms with Gasteiger partial charge < -0.3 is 10.8 Å². The molecule has 3 rings (SSSR count). The van der Waals surface area contributed by atoms with Gasteiger partial charge in [0.2, 0.25) is 0 Å². The molecule has 3 N–H and O–H groups in total. The molecule has 0 radical (unpaired) electrons. The molecule has 0 aliphatic heterocycles. The summed E-state index contributed by atoms with van der Waals surface area (Å²) in [5, 5.41) is 10.8. The molecule has 0 fully saturated rings. The maximum absolute atomic E-state index is 9.47. The summed E-state index contributed by atoms with van der Waals surface area (Å²) in [4.78, 5) is 5.23. The van der Waals surface area contributed by atoms with Crippen LogP contribution in [-0.2, 0) is 13.2 Å². The predicted molar refractivity (Wildman–Crippen MR) is 99.1 cm³/mol. The van der Waals surface area contributed by atoms with E-state index in [2.05, 4.69) is 11.1 Å². The highest BCUT2D eigenvalue weighted by atomic mass is 35.5. The van der Waals surface area contributed by atoms with Gasteiger partial charge in [0.05, 0.1) is 11.6 Å². The molecule has 0 aliphatic carbocycles. The molecule has 2 aromatic carbocycles. The summed E-state index contributed by atoms with van der Waals surface area (Å²) in [6.07, 6.45) is 1.70. The van der Waals surface area contributed by atoms with E-state index in [4.69, 9.17) is 17.3 Å². The number of halogens is 1. The van der Waals surface area contributed by atoms with Crippen molar-refractivity contribution >= 4 is 23.4 Å². The summed E-state index contributed by atoms with van der Waals surface area (Å²) >= 11 is 7.98. The lowest BCUT2D eigenvalue weighted by molar-refractivity contribution is 0.278. The molecule has 0 aliphatic rings. The van der Waals surface area contributed by atoms with Crippen molar-refractivity contribution in [3.8, 4) is 11.1 Å². The van der Waals surface area contributed by atoms with Crippen LogP contribution in [0.3, 0.4) is 0 Å². The van der Waals surface area contributed by atoms with Gasteiger partial charge >= 0.3 is 0 Å². The number of benzene rings is 2. The van der Waals surface area contributed by atoms with Crippen molar-refractivity contribution in [3.05, 3.63) is 76.9 Å². The Bertz CT molecular complexity index is 840.